The van der Waals surface area contributed by atoms with E-state index in [1.165, 1.54) is 30.4 Å². The molecule has 1 heterocycles. The zero-order valence-corrected chi connectivity index (χ0v) is 13.5. The maximum Gasteiger partial charge on any atom is 0.573 e. The lowest BCUT2D eigenvalue weighted by Gasteiger charge is -2.09. The highest BCUT2D eigenvalue weighted by Gasteiger charge is 2.31. The summed E-state index contributed by atoms with van der Waals surface area (Å²) >= 11 is 1.37. The molecule has 0 saturated carbocycles. The van der Waals surface area contributed by atoms with Crippen molar-refractivity contribution >= 4 is 23.0 Å². The molecular formula is C16H14F3NO3S. The molecule has 0 spiro atoms. The van der Waals surface area contributed by atoms with E-state index in [0.717, 1.165) is 17.0 Å². The fraction of sp³-hybridized carbons (Fsp3) is 0.250. The van der Waals surface area contributed by atoms with Crippen LogP contribution < -0.4 is 10.1 Å². The number of carbonyl (C=O) groups excluding carboxylic acids is 2. The quantitative estimate of drug-likeness (QED) is 0.800. The van der Waals surface area contributed by atoms with Crippen LogP contribution in [0.1, 0.15) is 31.8 Å². The van der Waals surface area contributed by atoms with Gasteiger partial charge in [-0.1, -0.05) is 0 Å². The molecule has 0 fully saturated rings. The molecule has 1 amide bonds. The van der Waals surface area contributed by atoms with Crippen molar-refractivity contribution in [2.75, 3.05) is 6.54 Å². The molecule has 24 heavy (non-hydrogen) atoms. The molecule has 4 nitrogen and oxygen atoms in total. The molecule has 1 N–H and O–H groups in total. The number of rotatable bonds is 6. The van der Waals surface area contributed by atoms with Gasteiger partial charge in [-0.15, -0.1) is 24.5 Å². The minimum Gasteiger partial charge on any atom is -0.406 e. The number of Topliss-reactive ketones (excluding diaryl/α,β-unsaturated/α-hetero) is 1. The Morgan fingerprint density at radius 1 is 1.12 bits per heavy atom. The second-order valence-corrected chi connectivity index (χ2v) is 6.07. The lowest BCUT2D eigenvalue weighted by molar-refractivity contribution is -0.274. The van der Waals surface area contributed by atoms with Crippen molar-refractivity contribution in [1.29, 1.82) is 0 Å². The van der Waals surface area contributed by atoms with Crippen LogP contribution in [0.15, 0.2) is 36.4 Å². The molecular weight excluding hydrogens is 343 g/mol. The average molecular weight is 357 g/mol. The van der Waals surface area contributed by atoms with Crippen LogP contribution in [0, 0.1) is 0 Å². The van der Waals surface area contributed by atoms with Crippen molar-refractivity contribution in [2.24, 2.45) is 0 Å². The zero-order chi connectivity index (χ0) is 17.7. The Balaban J connectivity index is 1.84. The van der Waals surface area contributed by atoms with E-state index in [0.29, 0.717) is 17.8 Å². The summed E-state index contributed by atoms with van der Waals surface area (Å²) in [5.74, 6) is -0.775. The monoisotopic (exact) mass is 357 g/mol. The molecule has 0 radical (unpaired) electrons. The number of hydrogen-bond donors (Lipinski definition) is 1. The average Bonchev–Trinajstić information content (AvgIpc) is 2.95. The van der Waals surface area contributed by atoms with Crippen LogP contribution in [-0.2, 0) is 6.42 Å². The smallest absolute Gasteiger partial charge is 0.406 e. The lowest BCUT2D eigenvalue weighted by Crippen LogP contribution is -2.25. The summed E-state index contributed by atoms with van der Waals surface area (Å²) in [5, 5.41) is 2.67. The number of hydrogen-bond acceptors (Lipinski definition) is 4. The molecule has 0 aliphatic heterocycles. The first kappa shape index (κ1) is 18.0. The second-order valence-electron chi connectivity index (χ2n) is 4.90. The van der Waals surface area contributed by atoms with Gasteiger partial charge < -0.3 is 10.1 Å². The Labute approximate surface area is 140 Å². The Bertz CT molecular complexity index is 723. The molecule has 2 aromatic rings. The number of ketones is 1. The van der Waals surface area contributed by atoms with Gasteiger partial charge in [0.1, 0.15) is 5.75 Å². The van der Waals surface area contributed by atoms with Gasteiger partial charge in [-0.25, -0.2) is 0 Å². The van der Waals surface area contributed by atoms with Crippen LogP contribution in [0.2, 0.25) is 0 Å². The minimum absolute atomic E-state index is 0.00329. The minimum atomic E-state index is -4.76. The van der Waals surface area contributed by atoms with Crippen molar-refractivity contribution in [3.63, 3.8) is 0 Å². The van der Waals surface area contributed by atoms with Crippen LogP contribution in [0.25, 0.3) is 0 Å². The molecule has 8 heteroatoms. The summed E-state index contributed by atoms with van der Waals surface area (Å²) in [4.78, 5) is 24.8. The van der Waals surface area contributed by atoms with E-state index in [9.17, 15) is 22.8 Å². The molecule has 0 aliphatic carbocycles. The highest BCUT2D eigenvalue weighted by molar-refractivity contribution is 7.14. The Hall–Kier alpha value is -2.35. The van der Waals surface area contributed by atoms with Gasteiger partial charge in [-0.2, -0.15) is 0 Å². The Kier molecular flexibility index (Phi) is 5.61. The molecule has 0 saturated heterocycles. The molecule has 0 atom stereocenters. The summed E-state index contributed by atoms with van der Waals surface area (Å²) in [6, 6.07) is 8.26. The summed E-state index contributed by atoms with van der Waals surface area (Å²) in [6.07, 6.45) is -4.19. The number of alkyl halides is 3. The highest BCUT2D eigenvalue weighted by Crippen LogP contribution is 2.22. The largest absolute Gasteiger partial charge is 0.573 e. The van der Waals surface area contributed by atoms with Crippen molar-refractivity contribution in [3.05, 3.63) is 51.7 Å². The number of nitrogens with one attached hydrogen (secondary N) is 1. The van der Waals surface area contributed by atoms with Gasteiger partial charge in [-0.3, -0.25) is 9.59 Å². The first-order valence-corrected chi connectivity index (χ1v) is 7.80. The zero-order valence-electron chi connectivity index (χ0n) is 12.6. The van der Waals surface area contributed by atoms with Gasteiger partial charge >= 0.3 is 6.36 Å². The van der Waals surface area contributed by atoms with Gasteiger partial charge in [0.2, 0.25) is 0 Å². The van der Waals surface area contributed by atoms with Gasteiger partial charge in [0.25, 0.3) is 5.91 Å². The number of carbonyl (C=O) groups is 2. The first-order chi connectivity index (χ1) is 11.2. The van der Waals surface area contributed by atoms with Crippen LogP contribution >= 0.6 is 11.3 Å². The maximum atomic E-state index is 12.1. The van der Waals surface area contributed by atoms with Gasteiger partial charge in [0, 0.05) is 17.0 Å². The summed E-state index contributed by atoms with van der Waals surface area (Å²) in [7, 11) is 0. The van der Waals surface area contributed by atoms with E-state index in [-0.39, 0.29) is 17.1 Å². The van der Waals surface area contributed by atoms with Gasteiger partial charge in [0.15, 0.2) is 5.78 Å². The van der Waals surface area contributed by atoms with Crippen LogP contribution in [0.5, 0.6) is 5.75 Å². The van der Waals surface area contributed by atoms with E-state index < -0.39 is 12.3 Å². The fourth-order valence-corrected chi connectivity index (χ4v) is 2.81. The van der Waals surface area contributed by atoms with E-state index >= 15 is 0 Å². The Morgan fingerprint density at radius 3 is 2.33 bits per heavy atom. The summed E-state index contributed by atoms with van der Waals surface area (Å²) < 4.78 is 39.9. The first-order valence-electron chi connectivity index (χ1n) is 6.98. The number of thiophene rings is 1. The third kappa shape index (κ3) is 5.38. The van der Waals surface area contributed by atoms with E-state index in [1.54, 1.807) is 6.07 Å². The standard InChI is InChI=1S/C16H14F3NO3S/c1-10(21)14-7-6-13(24-14)8-9-20-15(22)11-2-4-12(5-3-11)23-16(17,18)19/h2-7H,8-9H2,1H3,(H,20,22). The molecule has 0 aliphatic rings. The van der Waals surface area contributed by atoms with Crippen LogP contribution in [-0.4, -0.2) is 24.6 Å². The second kappa shape index (κ2) is 7.48. The molecule has 0 bridgehead atoms. The molecule has 128 valence electrons. The predicted molar refractivity (Wildman–Crippen MR) is 83.5 cm³/mol. The Morgan fingerprint density at radius 2 is 1.79 bits per heavy atom. The maximum absolute atomic E-state index is 12.1. The van der Waals surface area contributed by atoms with Crippen molar-refractivity contribution in [3.8, 4) is 5.75 Å². The normalized spacial score (nSPS) is 11.2. The van der Waals surface area contributed by atoms with Gasteiger partial charge in [0.05, 0.1) is 4.88 Å². The SMILES string of the molecule is CC(=O)c1ccc(CCNC(=O)c2ccc(OC(F)(F)F)cc2)s1. The topological polar surface area (TPSA) is 55.4 Å². The van der Waals surface area contributed by atoms with Crippen LogP contribution in [0.4, 0.5) is 13.2 Å². The van der Waals surface area contributed by atoms with Crippen molar-refractivity contribution in [1.82, 2.24) is 5.32 Å². The number of amides is 1. The molecule has 1 aromatic heterocycles. The van der Waals surface area contributed by atoms with Crippen molar-refractivity contribution in [2.45, 2.75) is 19.7 Å². The summed E-state index contributed by atoms with van der Waals surface area (Å²) in [5.41, 5.74) is 0.236. The van der Waals surface area contributed by atoms with Crippen LogP contribution in [0.3, 0.4) is 0 Å². The third-order valence-corrected chi connectivity index (χ3v) is 4.26. The molecule has 2 rings (SSSR count). The third-order valence-electron chi connectivity index (χ3n) is 3.02. The van der Waals surface area contributed by atoms with E-state index in [1.807, 2.05) is 6.07 Å². The van der Waals surface area contributed by atoms with E-state index in [2.05, 4.69) is 10.1 Å². The molecule has 0 unspecified atom stereocenters. The highest BCUT2D eigenvalue weighted by atomic mass is 32.1. The number of ether oxygens (including phenoxy) is 1. The lowest BCUT2D eigenvalue weighted by atomic mass is 10.2. The summed E-state index contributed by atoms with van der Waals surface area (Å²) in [6.45, 7) is 1.85. The molecule has 1 aromatic carbocycles. The fourth-order valence-electron chi connectivity index (χ4n) is 1.91. The number of benzene rings is 1. The van der Waals surface area contributed by atoms with Gasteiger partial charge in [-0.05, 0) is 49.7 Å². The van der Waals surface area contributed by atoms with E-state index in [4.69, 9.17) is 0 Å². The van der Waals surface area contributed by atoms with Crippen molar-refractivity contribution < 1.29 is 27.5 Å². The predicted octanol–water partition coefficient (Wildman–Crippen LogP) is 3.82. The number of halogens is 3.